The van der Waals surface area contributed by atoms with Crippen molar-refractivity contribution in [3.63, 3.8) is 0 Å². The summed E-state index contributed by atoms with van der Waals surface area (Å²) < 4.78 is 29.7. The van der Waals surface area contributed by atoms with Gasteiger partial charge in [-0.25, -0.2) is 4.79 Å². The minimum Gasteiger partial charge on any atom is -0.434 e. The Balaban J connectivity index is 1.98. The van der Waals surface area contributed by atoms with Crippen molar-refractivity contribution in [3.8, 4) is 5.75 Å². The van der Waals surface area contributed by atoms with Crippen molar-refractivity contribution in [2.24, 2.45) is 0 Å². The molecular weight excluding hydrogens is 328 g/mol. The molecule has 1 aromatic carbocycles. The summed E-state index contributed by atoms with van der Waals surface area (Å²) in [6, 6.07) is 6.02. The molecule has 0 spiro atoms. The van der Waals surface area contributed by atoms with E-state index >= 15 is 0 Å². The summed E-state index contributed by atoms with van der Waals surface area (Å²) in [6.07, 6.45) is 2.58. The summed E-state index contributed by atoms with van der Waals surface area (Å²) in [4.78, 5) is 14.7. The van der Waals surface area contributed by atoms with E-state index in [1.165, 1.54) is 6.07 Å². The number of carbonyl (C=O) groups is 1. The van der Waals surface area contributed by atoms with Crippen LogP contribution in [0.25, 0.3) is 0 Å². The Labute approximate surface area is 147 Å². The maximum absolute atomic E-state index is 12.6. The van der Waals surface area contributed by atoms with Crippen LogP contribution in [-0.4, -0.2) is 43.2 Å². The van der Waals surface area contributed by atoms with Gasteiger partial charge >= 0.3 is 12.6 Å². The van der Waals surface area contributed by atoms with Crippen molar-refractivity contribution in [1.82, 2.24) is 15.5 Å². The lowest BCUT2D eigenvalue weighted by molar-refractivity contribution is -0.0506. The maximum Gasteiger partial charge on any atom is 0.387 e. The van der Waals surface area contributed by atoms with Gasteiger partial charge in [0.2, 0.25) is 0 Å². The quantitative estimate of drug-likeness (QED) is 0.787. The highest BCUT2D eigenvalue weighted by Crippen LogP contribution is 2.28. The monoisotopic (exact) mass is 355 g/mol. The molecule has 2 N–H and O–H groups in total. The maximum atomic E-state index is 12.6. The molecule has 1 aliphatic heterocycles. The fourth-order valence-corrected chi connectivity index (χ4v) is 3.22. The van der Waals surface area contributed by atoms with Crippen molar-refractivity contribution in [2.45, 2.75) is 51.8 Å². The van der Waals surface area contributed by atoms with Crippen molar-refractivity contribution < 1.29 is 18.3 Å². The average Bonchev–Trinajstić information content (AvgIpc) is 2.60. The van der Waals surface area contributed by atoms with Gasteiger partial charge < -0.3 is 20.3 Å². The van der Waals surface area contributed by atoms with E-state index in [0.29, 0.717) is 12.0 Å². The Kier molecular flexibility index (Phi) is 7.43. The zero-order valence-corrected chi connectivity index (χ0v) is 14.8. The van der Waals surface area contributed by atoms with E-state index in [4.69, 9.17) is 0 Å². The zero-order chi connectivity index (χ0) is 18.2. The number of urea groups is 1. The largest absolute Gasteiger partial charge is 0.434 e. The predicted octanol–water partition coefficient (Wildman–Crippen LogP) is 3.52. The first-order valence-electron chi connectivity index (χ1n) is 8.86. The van der Waals surface area contributed by atoms with Gasteiger partial charge in [0.1, 0.15) is 5.75 Å². The van der Waals surface area contributed by atoms with E-state index in [2.05, 4.69) is 27.2 Å². The topological polar surface area (TPSA) is 53.6 Å². The SMILES string of the molecule is CC[C@H](NC(=O)N[C@@H]1CCCN(CC)C1)c1ccccc1OC(F)F. The fourth-order valence-electron chi connectivity index (χ4n) is 3.22. The number of alkyl halides is 2. The first kappa shape index (κ1) is 19.4. The van der Waals surface area contributed by atoms with E-state index < -0.39 is 6.61 Å². The number of halogens is 2. The van der Waals surface area contributed by atoms with Gasteiger partial charge in [-0.3, -0.25) is 0 Å². The fraction of sp³-hybridized carbons (Fsp3) is 0.611. The lowest BCUT2D eigenvalue weighted by Gasteiger charge is -2.32. The Morgan fingerprint density at radius 2 is 2.12 bits per heavy atom. The van der Waals surface area contributed by atoms with E-state index in [9.17, 15) is 13.6 Å². The van der Waals surface area contributed by atoms with Crippen molar-refractivity contribution in [3.05, 3.63) is 29.8 Å². The molecule has 140 valence electrons. The number of piperidine rings is 1. The number of hydrogen-bond donors (Lipinski definition) is 2. The van der Waals surface area contributed by atoms with Crippen molar-refractivity contribution >= 4 is 6.03 Å². The molecule has 0 saturated carbocycles. The van der Waals surface area contributed by atoms with Gasteiger partial charge in [0.05, 0.1) is 6.04 Å². The normalized spacial score (nSPS) is 19.5. The van der Waals surface area contributed by atoms with Gasteiger partial charge in [-0.15, -0.1) is 0 Å². The molecule has 1 aliphatic rings. The molecular formula is C18H27F2N3O2. The smallest absolute Gasteiger partial charge is 0.387 e. The van der Waals surface area contributed by atoms with Gasteiger partial charge in [0.25, 0.3) is 0 Å². The third-order valence-electron chi connectivity index (χ3n) is 4.51. The van der Waals surface area contributed by atoms with Crippen molar-refractivity contribution in [1.29, 1.82) is 0 Å². The highest BCUT2D eigenvalue weighted by Gasteiger charge is 2.23. The second-order valence-corrected chi connectivity index (χ2v) is 6.23. The number of benzene rings is 1. The first-order valence-corrected chi connectivity index (χ1v) is 8.86. The number of hydrogen-bond acceptors (Lipinski definition) is 3. The molecule has 5 nitrogen and oxygen atoms in total. The van der Waals surface area contributed by atoms with Crippen LogP contribution in [0.1, 0.15) is 44.7 Å². The number of rotatable bonds is 7. The summed E-state index contributed by atoms with van der Waals surface area (Å²) >= 11 is 0. The average molecular weight is 355 g/mol. The second kappa shape index (κ2) is 9.56. The molecule has 1 fully saturated rings. The summed E-state index contributed by atoms with van der Waals surface area (Å²) in [7, 11) is 0. The third-order valence-corrected chi connectivity index (χ3v) is 4.51. The van der Waals surface area contributed by atoms with E-state index in [1.54, 1.807) is 18.2 Å². The molecule has 2 atom stereocenters. The number of para-hydroxylation sites is 1. The van der Waals surface area contributed by atoms with Gasteiger partial charge in [-0.1, -0.05) is 32.0 Å². The molecule has 1 heterocycles. The molecule has 2 amide bonds. The standard InChI is InChI=1S/C18H27F2N3O2/c1-3-15(14-9-5-6-10-16(14)25-17(19)20)22-18(24)21-13-8-7-11-23(4-2)12-13/h5-6,9-10,13,15,17H,3-4,7-8,11-12H2,1-2H3,(H2,21,22,24)/t13-,15+/m1/s1. The van der Waals surface area contributed by atoms with Crippen molar-refractivity contribution in [2.75, 3.05) is 19.6 Å². The molecule has 0 unspecified atom stereocenters. The molecule has 0 aromatic heterocycles. The number of nitrogens with zero attached hydrogens (tertiary/aromatic N) is 1. The molecule has 0 bridgehead atoms. The van der Waals surface area contributed by atoms with Crippen LogP contribution in [0.5, 0.6) is 5.75 Å². The van der Waals surface area contributed by atoms with Crippen LogP contribution in [-0.2, 0) is 0 Å². The minimum absolute atomic E-state index is 0.0967. The van der Waals surface area contributed by atoms with Gasteiger partial charge in [0, 0.05) is 18.2 Å². The Bertz CT molecular complexity index is 557. The highest BCUT2D eigenvalue weighted by atomic mass is 19.3. The van der Waals surface area contributed by atoms with E-state index in [0.717, 1.165) is 32.5 Å². The third kappa shape index (κ3) is 5.85. The van der Waals surface area contributed by atoms with Gasteiger partial charge in [-0.2, -0.15) is 8.78 Å². The lowest BCUT2D eigenvalue weighted by atomic mass is 10.0. The number of nitrogens with one attached hydrogen (secondary N) is 2. The molecule has 1 saturated heterocycles. The zero-order valence-electron chi connectivity index (χ0n) is 14.8. The number of amides is 2. The number of likely N-dealkylation sites (tertiary alicyclic amines) is 1. The molecule has 7 heteroatoms. The molecule has 1 aromatic rings. The first-order chi connectivity index (χ1) is 12.0. The summed E-state index contributed by atoms with van der Waals surface area (Å²) in [5.41, 5.74) is 0.555. The Hall–Kier alpha value is -1.89. The number of likely N-dealkylation sites (N-methyl/N-ethyl adjacent to an activating group) is 1. The predicted molar refractivity (Wildman–Crippen MR) is 92.9 cm³/mol. The van der Waals surface area contributed by atoms with E-state index in [1.807, 2.05) is 6.92 Å². The number of ether oxygens (including phenoxy) is 1. The summed E-state index contributed by atoms with van der Waals surface area (Å²) in [5, 5.41) is 5.88. The molecule has 2 rings (SSSR count). The van der Waals surface area contributed by atoms with Crippen LogP contribution in [0, 0.1) is 0 Å². The van der Waals surface area contributed by atoms with E-state index in [-0.39, 0.29) is 23.9 Å². The lowest BCUT2D eigenvalue weighted by Crippen LogP contribution is -2.50. The van der Waals surface area contributed by atoms with Crippen LogP contribution >= 0.6 is 0 Å². The van der Waals surface area contributed by atoms with Crippen LogP contribution in [0.15, 0.2) is 24.3 Å². The van der Waals surface area contributed by atoms with Crippen LogP contribution in [0.2, 0.25) is 0 Å². The minimum atomic E-state index is -2.89. The Morgan fingerprint density at radius 1 is 1.36 bits per heavy atom. The highest BCUT2D eigenvalue weighted by molar-refractivity contribution is 5.75. The number of carbonyl (C=O) groups excluding carboxylic acids is 1. The molecule has 25 heavy (non-hydrogen) atoms. The summed E-state index contributed by atoms with van der Waals surface area (Å²) in [5.74, 6) is 0.0967. The molecule has 0 aliphatic carbocycles. The summed E-state index contributed by atoms with van der Waals surface area (Å²) in [6.45, 7) is 3.97. The van der Waals surface area contributed by atoms with Gasteiger partial charge in [0.15, 0.2) is 0 Å². The van der Waals surface area contributed by atoms with Crippen LogP contribution in [0.4, 0.5) is 13.6 Å². The Morgan fingerprint density at radius 3 is 2.80 bits per heavy atom. The second-order valence-electron chi connectivity index (χ2n) is 6.23. The van der Waals surface area contributed by atoms with Crippen LogP contribution < -0.4 is 15.4 Å². The van der Waals surface area contributed by atoms with Gasteiger partial charge in [-0.05, 0) is 38.4 Å². The molecule has 0 radical (unpaired) electrons. The van der Waals surface area contributed by atoms with Crippen LogP contribution in [0.3, 0.4) is 0 Å².